The van der Waals surface area contributed by atoms with Crippen LogP contribution in [0, 0.1) is 0 Å². The van der Waals surface area contributed by atoms with Gasteiger partial charge in [-0.1, -0.05) is 6.08 Å². The predicted octanol–water partition coefficient (Wildman–Crippen LogP) is 1.09. The third-order valence-corrected chi connectivity index (χ3v) is 0.889. The Kier molecular flexibility index (Phi) is 5.77. The molecule has 0 aliphatic carbocycles. The summed E-state index contributed by atoms with van der Waals surface area (Å²) in [6, 6.07) is 0. The van der Waals surface area contributed by atoms with Gasteiger partial charge >= 0.3 is 0 Å². The molecule has 56 valence electrons. The Hall–Kier alpha value is -0.340. The maximum Gasteiger partial charge on any atom is 0.0967 e. The lowest BCUT2D eigenvalue weighted by atomic mass is 10.4. The van der Waals surface area contributed by atoms with Gasteiger partial charge in [-0.05, 0) is 13.0 Å². The maximum absolute atomic E-state index is 2.18. The van der Waals surface area contributed by atoms with Gasteiger partial charge in [-0.2, -0.15) is 0 Å². The summed E-state index contributed by atoms with van der Waals surface area (Å²) in [6.45, 7) is 3.17. The van der Waals surface area contributed by atoms with Crippen LogP contribution in [0.25, 0.3) is 0 Å². The number of hydrogen-bond donors (Lipinski definition) is 0. The van der Waals surface area contributed by atoms with Crippen LogP contribution in [0.4, 0.5) is 0 Å². The van der Waals surface area contributed by atoms with Crippen molar-refractivity contribution in [1.29, 1.82) is 0 Å². The second-order valence-electron chi connectivity index (χ2n) is 3.04. The molecule has 0 fully saturated rings. The molecule has 0 unspecified atom stereocenters. The zero-order valence-electron chi connectivity index (χ0n) is 6.76. The first kappa shape index (κ1) is 11.5. The molecule has 0 atom stereocenters. The van der Waals surface area contributed by atoms with E-state index in [1.54, 1.807) is 0 Å². The first-order valence-electron chi connectivity index (χ1n) is 2.98. The van der Waals surface area contributed by atoms with E-state index >= 15 is 0 Å². The minimum Gasteiger partial charge on any atom is -0.870 e. The first-order valence-corrected chi connectivity index (χ1v) is 2.98. The molecule has 0 rings (SSSR count). The highest BCUT2D eigenvalue weighted by Gasteiger charge is 2.00. The number of rotatable bonds is 2. The summed E-state index contributed by atoms with van der Waals surface area (Å²) in [5.41, 5.74) is 0. The molecule has 0 saturated carbocycles. The summed E-state index contributed by atoms with van der Waals surface area (Å²) in [5, 5.41) is 0. The second kappa shape index (κ2) is 4.53. The molecule has 0 aromatic heterocycles. The molecule has 2 nitrogen and oxygen atoms in total. The minimum atomic E-state index is 0. The topological polar surface area (TPSA) is 30.0 Å². The van der Waals surface area contributed by atoms with Crippen molar-refractivity contribution in [3.8, 4) is 0 Å². The van der Waals surface area contributed by atoms with Crippen LogP contribution in [-0.4, -0.2) is 37.6 Å². The van der Waals surface area contributed by atoms with Crippen molar-refractivity contribution in [2.75, 3.05) is 27.7 Å². The molecule has 0 amide bonds. The summed E-state index contributed by atoms with van der Waals surface area (Å²) in [5.74, 6) is 0. The molecule has 2 heteroatoms. The van der Waals surface area contributed by atoms with E-state index in [1.165, 1.54) is 0 Å². The van der Waals surface area contributed by atoms with Gasteiger partial charge in [0.2, 0.25) is 0 Å². The summed E-state index contributed by atoms with van der Waals surface area (Å²) in [7, 11) is 6.54. The summed E-state index contributed by atoms with van der Waals surface area (Å²) < 4.78 is 1.02. The zero-order chi connectivity index (χ0) is 6.62. The van der Waals surface area contributed by atoms with Crippen LogP contribution in [0.5, 0.6) is 0 Å². The Morgan fingerprint density at radius 2 is 1.67 bits per heavy atom. The van der Waals surface area contributed by atoms with Crippen LogP contribution < -0.4 is 0 Å². The average molecular weight is 131 g/mol. The Morgan fingerprint density at radius 1 is 1.22 bits per heavy atom. The Balaban J connectivity index is 0. The smallest absolute Gasteiger partial charge is 0.0967 e. The molecule has 9 heavy (non-hydrogen) atoms. The van der Waals surface area contributed by atoms with Crippen LogP contribution in [0.15, 0.2) is 12.2 Å². The first-order chi connectivity index (χ1) is 3.56. The van der Waals surface area contributed by atoms with Gasteiger partial charge in [-0.3, -0.25) is 0 Å². The number of nitrogens with zero attached hydrogens (tertiary/aromatic N) is 1. The van der Waals surface area contributed by atoms with Crippen LogP contribution in [-0.2, 0) is 0 Å². The fraction of sp³-hybridized carbons (Fsp3) is 0.714. The summed E-state index contributed by atoms with van der Waals surface area (Å²) in [6.07, 6.45) is 4.27. The number of hydrogen-bond acceptors (Lipinski definition) is 1. The molecular weight excluding hydrogens is 114 g/mol. The van der Waals surface area contributed by atoms with Crippen molar-refractivity contribution in [3.63, 3.8) is 0 Å². The van der Waals surface area contributed by atoms with Gasteiger partial charge in [0.1, 0.15) is 0 Å². The van der Waals surface area contributed by atoms with Gasteiger partial charge in [0, 0.05) is 0 Å². The van der Waals surface area contributed by atoms with Crippen LogP contribution in [0.1, 0.15) is 6.92 Å². The van der Waals surface area contributed by atoms with Gasteiger partial charge < -0.3 is 9.96 Å². The maximum atomic E-state index is 2.18. The standard InChI is InChI=1S/C7H16N.H2O/c1-5-6-7-8(2,3)4;/h5-6H,7H2,1-4H3;1H2/q+1;/p-1. The quantitative estimate of drug-likeness (QED) is 0.407. The lowest BCUT2D eigenvalue weighted by Gasteiger charge is -2.21. The summed E-state index contributed by atoms with van der Waals surface area (Å²) in [4.78, 5) is 0. The zero-order valence-corrected chi connectivity index (χ0v) is 6.76. The molecule has 1 N–H and O–H groups in total. The third kappa shape index (κ3) is 11.3. The lowest BCUT2D eigenvalue weighted by Crippen LogP contribution is -2.34. The Bertz CT molecular complexity index is 81.4. The number of quaternary nitrogens is 1. The second-order valence-corrected chi connectivity index (χ2v) is 3.04. The van der Waals surface area contributed by atoms with E-state index in [4.69, 9.17) is 0 Å². The number of allylic oxidation sites excluding steroid dienone is 1. The molecule has 0 aromatic carbocycles. The number of likely N-dealkylation sites (N-methyl/N-ethyl adjacent to an activating group) is 1. The molecule has 0 aromatic rings. The van der Waals surface area contributed by atoms with Crippen molar-refractivity contribution in [3.05, 3.63) is 12.2 Å². The molecule has 0 bridgehead atoms. The highest BCUT2D eigenvalue weighted by Crippen LogP contribution is 1.88. The molecule has 0 heterocycles. The third-order valence-electron chi connectivity index (χ3n) is 0.889. The van der Waals surface area contributed by atoms with Crippen molar-refractivity contribution >= 4 is 0 Å². The van der Waals surface area contributed by atoms with Gasteiger partial charge in [0.05, 0.1) is 27.7 Å². The molecule has 0 radical (unpaired) electrons. The predicted molar refractivity (Wildman–Crippen MR) is 39.6 cm³/mol. The van der Waals surface area contributed by atoms with Crippen molar-refractivity contribution in [2.24, 2.45) is 0 Å². The highest BCUT2D eigenvalue weighted by atomic mass is 16.0. The average Bonchev–Trinajstić information content (AvgIpc) is 1.59. The molecular formula is C7H17NO. The van der Waals surface area contributed by atoms with E-state index < -0.39 is 0 Å². The van der Waals surface area contributed by atoms with E-state index in [0.29, 0.717) is 0 Å². The highest BCUT2D eigenvalue weighted by molar-refractivity contribution is 4.75. The lowest BCUT2D eigenvalue weighted by molar-refractivity contribution is -0.864. The summed E-state index contributed by atoms with van der Waals surface area (Å²) >= 11 is 0. The van der Waals surface area contributed by atoms with E-state index in [1.807, 2.05) is 0 Å². The van der Waals surface area contributed by atoms with Crippen LogP contribution in [0.3, 0.4) is 0 Å². The molecule has 0 spiro atoms. The SMILES string of the molecule is CC=CC[N+](C)(C)C.[OH-]. The fourth-order valence-electron chi connectivity index (χ4n) is 0.422. The largest absolute Gasteiger partial charge is 0.870 e. The van der Waals surface area contributed by atoms with Crippen molar-refractivity contribution in [2.45, 2.75) is 6.92 Å². The van der Waals surface area contributed by atoms with Gasteiger partial charge in [-0.25, -0.2) is 0 Å². The fourth-order valence-corrected chi connectivity index (χ4v) is 0.422. The van der Waals surface area contributed by atoms with Gasteiger partial charge in [-0.15, -0.1) is 0 Å². The van der Waals surface area contributed by atoms with Gasteiger partial charge in [0.15, 0.2) is 0 Å². The van der Waals surface area contributed by atoms with E-state index in [0.717, 1.165) is 11.0 Å². The van der Waals surface area contributed by atoms with Crippen molar-refractivity contribution < 1.29 is 9.96 Å². The van der Waals surface area contributed by atoms with E-state index in [9.17, 15) is 0 Å². The Labute approximate surface area is 57.7 Å². The normalized spacial score (nSPS) is 11.6. The van der Waals surface area contributed by atoms with Gasteiger partial charge in [0.25, 0.3) is 0 Å². The monoisotopic (exact) mass is 131 g/mol. The molecule has 0 aliphatic rings. The van der Waals surface area contributed by atoms with E-state index in [-0.39, 0.29) is 5.48 Å². The van der Waals surface area contributed by atoms with E-state index in [2.05, 4.69) is 40.2 Å². The molecule has 0 aliphatic heterocycles. The van der Waals surface area contributed by atoms with Crippen LogP contribution >= 0.6 is 0 Å². The van der Waals surface area contributed by atoms with Crippen molar-refractivity contribution in [1.82, 2.24) is 0 Å². The minimum absolute atomic E-state index is 0. The molecule has 0 saturated heterocycles. The Morgan fingerprint density at radius 3 is 1.78 bits per heavy atom. The van der Waals surface area contributed by atoms with Crippen LogP contribution in [0.2, 0.25) is 0 Å².